The van der Waals surface area contributed by atoms with Gasteiger partial charge in [-0.1, -0.05) is 12.1 Å². The van der Waals surface area contributed by atoms with Crippen LogP contribution in [0.3, 0.4) is 0 Å². The summed E-state index contributed by atoms with van der Waals surface area (Å²) < 4.78 is 10.2. The minimum absolute atomic E-state index is 0.346. The van der Waals surface area contributed by atoms with Crippen LogP contribution in [-0.2, 0) is 11.2 Å². The van der Waals surface area contributed by atoms with Crippen molar-refractivity contribution < 1.29 is 14.3 Å². The molecule has 0 aliphatic heterocycles. The summed E-state index contributed by atoms with van der Waals surface area (Å²) in [6, 6.07) is 5.44. The Labute approximate surface area is 95.3 Å². The zero-order valence-corrected chi connectivity index (χ0v) is 9.66. The van der Waals surface area contributed by atoms with Crippen molar-refractivity contribution >= 4 is 5.97 Å². The third-order valence-electron chi connectivity index (χ3n) is 2.23. The molecule has 16 heavy (non-hydrogen) atoms. The molecule has 0 aliphatic rings. The standard InChI is InChI=1S/C12H17NO3/c1-3-16-12(14)11-9(7-8-13)5-4-6-10(11)15-2/h4-6H,3,7-8,13H2,1-2H3. The van der Waals surface area contributed by atoms with E-state index in [1.54, 1.807) is 13.0 Å². The summed E-state index contributed by atoms with van der Waals surface area (Å²) in [6.45, 7) is 2.61. The van der Waals surface area contributed by atoms with Crippen LogP contribution in [0.1, 0.15) is 22.8 Å². The predicted octanol–water partition coefficient (Wildman–Crippen LogP) is 1.37. The van der Waals surface area contributed by atoms with Gasteiger partial charge in [-0.05, 0) is 31.5 Å². The number of rotatable bonds is 5. The molecule has 0 heterocycles. The van der Waals surface area contributed by atoms with Gasteiger partial charge >= 0.3 is 5.97 Å². The second-order valence-electron chi connectivity index (χ2n) is 3.25. The van der Waals surface area contributed by atoms with E-state index in [9.17, 15) is 4.79 Å². The molecule has 0 amide bonds. The summed E-state index contributed by atoms with van der Waals surface area (Å²) in [4.78, 5) is 11.8. The molecule has 0 atom stereocenters. The SMILES string of the molecule is CCOC(=O)c1c(CCN)cccc1OC. The number of ether oxygens (including phenoxy) is 2. The van der Waals surface area contributed by atoms with Gasteiger partial charge in [-0.15, -0.1) is 0 Å². The van der Waals surface area contributed by atoms with Crippen LogP contribution in [0.4, 0.5) is 0 Å². The minimum atomic E-state index is -0.358. The molecule has 0 aromatic heterocycles. The Balaban J connectivity index is 3.13. The van der Waals surface area contributed by atoms with E-state index in [1.165, 1.54) is 7.11 Å². The molecule has 1 aromatic rings. The zero-order valence-electron chi connectivity index (χ0n) is 9.66. The molecule has 88 valence electrons. The van der Waals surface area contributed by atoms with Crippen LogP contribution in [0.15, 0.2) is 18.2 Å². The highest BCUT2D eigenvalue weighted by Crippen LogP contribution is 2.23. The molecule has 0 bridgehead atoms. The molecule has 1 rings (SSSR count). The molecule has 4 nitrogen and oxygen atoms in total. The Morgan fingerprint density at radius 3 is 2.75 bits per heavy atom. The largest absolute Gasteiger partial charge is 0.496 e. The fourth-order valence-electron chi connectivity index (χ4n) is 1.55. The van der Waals surface area contributed by atoms with Gasteiger partial charge in [-0.25, -0.2) is 4.79 Å². The number of benzene rings is 1. The van der Waals surface area contributed by atoms with Crippen molar-refractivity contribution in [3.63, 3.8) is 0 Å². The zero-order chi connectivity index (χ0) is 12.0. The van der Waals surface area contributed by atoms with Crippen molar-refractivity contribution in [1.82, 2.24) is 0 Å². The monoisotopic (exact) mass is 223 g/mol. The molecule has 4 heteroatoms. The molecular weight excluding hydrogens is 206 g/mol. The van der Waals surface area contributed by atoms with Crippen LogP contribution < -0.4 is 10.5 Å². The Morgan fingerprint density at radius 1 is 1.44 bits per heavy atom. The average molecular weight is 223 g/mol. The van der Waals surface area contributed by atoms with Gasteiger partial charge in [-0.3, -0.25) is 0 Å². The van der Waals surface area contributed by atoms with Gasteiger partial charge < -0.3 is 15.2 Å². The lowest BCUT2D eigenvalue weighted by atomic mass is 10.0. The van der Waals surface area contributed by atoms with E-state index in [0.717, 1.165) is 5.56 Å². The highest BCUT2D eigenvalue weighted by atomic mass is 16.5. The third kappa shape index (κ3) is 2.73. The topological polar surface area (TPSA) is 61.5 Å². The molecule has 0 fully saturated rings. The van der Waals surface area contributed by atoms with E-state index < -0.39 is 0 Å². The van der Waals surface area contributed by atoms with Crippen LogP contribution in [-0.4, -0.2) is 26.2 Å². The van der Waals surface area contributed by atoms with Crippen molar-refractivity contribution in [1.29, 1.82) is 0 Å². The van der Waals surface area contributed by atoms with E-state index in [4.69, 9.17) is 15.2 Å². The Hall–Kier alpha value is -1.55. The number of methoxy groups -OCH3 is 1. The lowest BCUT2D eigenvalue weighted by Gasteiger charge is -2.12. The first-order chi connectivity index (χ1) is 7.74. The van der Waals surface area contributed by atoms with Crippen LogP contribution in [0.2, 0.25) is 0 Å². The van der Waals surface area contributed by atoms with Crippen LogP contribution >= 0.6 is 0 Å². The van der Waals surface area contributed by atoms with Gasteiger partial charge in [0.1, 0.15) is 11.3 Å². The molecule has 0 aliphatic carbocycles. The summed E-state index contributed by atoms with van der Waals surface area (Å²) in [5.41, 5.74) is 6.85. The maximum absolute atomic E-state index is 11.8. The van der Waals surface area contributed by atoms with E-state index in [1.807, 2.05) is 12.1 Å². The molecule has 0 radical (unpaired) electrons. The number of esters is 1. The van der Waals surface area contributed by atoms with Crippen molar-refractivity contribution in [2.75, 3.05) is 20.3 Å². The fraction of sp³-hybridized carbons (Fsp3) is 0.417. The number of carbonyl (C=O) groups is 1. The Morgan fingerprint density at radius 2 is 2.19 bits per heavy atom. The quantitative estimate of drug-likeness (QED) is 0.766. The highest BCUT2D eigenvalue weighted by Gasteiger charge is 2.17. The maximum Gasteiger partial charge on any atom is 0.342 e. The van der Waals surface area contributed by atoms with Gasteiger partial charge in [-0.2, -0.15) is 0 Å². The second kappa shape index (κ2) is 6.12. The van der Waals surface area contributed by atoms with Gasteiger partial charge in [0, 0.05) is 0 Å². The summed E-state index contributed by atoms with van der Waals surface area (Å²) in [7, 11) is 1.53. The van der Waals surface area contributed by atoms with Gasteiger partial charge in [0.25, 0.3) is 0 Å². The van der Waals surface area contributed by atoms with Gasteiger partial charge in [0.15, 0.2) is 0 Å². The lowest BCUT2D eigenvalue weighted by Crippen LogP contribution is -2.13. The maximum atomic E-state index is 11.8. The average Bonchev–Trinajstić information content (AvgIpc) is 2.29. The highest BCUT2D eigenvalue weighted by molar-refractivity contribution is 5.94. The minimum Gasteiger partial charge on any atom is -0.496 e. The van der Waals surface area contributed by atoms with Crippen molar-refractivity contribution in [3.8, 4) is 5.75 Å². The fourth-order valence-corrected chi connectivity index (χ4v) is 1.55. The molecular formula is C12H17NO3. The normalized spacial score (nSPS) is 9.94. The Kier molecular flexibility index (Phi) is 4.79. The molecule has 0 saturated heterocycles. The number of hydrogen-bond donors (Lipinski definition) is 1. The summed E-state index contributed by atoms with van der Waals surface area (Å²) in [5.74, 6) is 0.174. The van der Waals surface area contributed by atoms with Gasteiger partial charge in [0.2, 0.25) is 0 Å². The van der Waals surface area contributed by atoms with Gasteiger partial charge in [0.05, 0.1) is 13.7 Å². The van der Waals surface area contributed by atoms with Crippen molar-refractivity contribution in [2.24, 2.45) is 5.73 Å². The number of hydrogen-bond acceptors (Lipinski definition) is 4. The molecule has 0 saturated carbocycles. The molecule has 0 spiro atoms. The molecule has 2 N–H and O–H groups in total. The van der Waals surface area contributed by atoms with E-state index in [2.05, 4.69) is 0 Å². The molecule has 1 aromatic carbocycles. The van der Waals surface area contributed by atoms with E-state index >= 15 is 0 Å². The van der Waals surface area contributed by atoms with Crippen LogP contribution in [0, 0.1) is 0 Å². The van der Waals surface area contributed by atoms with Crippen molar-refractivity contribution in [3.05, 3.63) is 29.3 Å². The van der Waals surface area contributed by atoms with Crippen LogP contribution in [0.25, 0.3) is 0 Å². The van der Waals surface area contributed by atoms with Crippen LogP contribution in [0.5, 0.6) is 5.75 Å². The predicted molar refractivity (Wildman–Crippen MR) is 61.7 cm³/mol. The third-order valence-corrected chi connectivity index (χ3v) is 2.23. The summed E-state index contributed by atoms with van der Waals surface area (Å²) in [6.07, 6.45) is 0.630. The van der Waals surface area contributed by atoms with Crippen molar-refractivity contribution in [2.45, 2.75) is 13.3 Å². The number of nitrogens with two attached hydrogens (primary N) is 1. The van der Waals surface area contributed by atoms with E-state index in [-0.39, 0.29) is 5.97 Å². The summed E-state index contributed by atoms with van der Waals surface area (Å²) in [5, 5.41) is 0. The first-order valence-electron chi connectivity index (χ1n) is 5.27. The Bertz CT molecular complexity index is 363. The smallest absolute Gasteiger partial charge is 0.342 e. The summed E-state index contributed by atoms with van der Waals surface area (Å²) >= 11 is 0. The molecule has 0 unspecified atom stereocenters. The first kappa shape index (κ1) is 12.5. The first-order valence-corrected chi connectivity index (χ1v) is 5.27. The lowest BCUT2D eigenvalue weighted by molar-refractivity contribution is 0.0521. The number of carbonyl (C=O) groups excluding carboxylic acids is 1. The van der Waals surface area contributed by atoms with E-state index in [0.29, 0.717) is 30.9 Å². The second-order valence-corrected chi connectivity index (χ2v) is 3.25.